The Kier molecular flexibility index (Phi) is 1.27. The molecule has 0 bridgehead atoms. The van der Waals surface area contributed by atoms with Crippen LogP contribution in [0.25, 0.3) is 0 Å². The zero-order valence-corrected chi connectivity index (χ0v) is 4.13. The molecular formula is C4H10N2O. The van der Waals surface area contributed by atoms with Crippen molar-refractivity contribution in [1.82, 2.24) is 0 Å². The van der Waals surface area contributed by atoms with Crippen LogP contribution in [0.5, 0.6) is 0 Å². The molecule has 1 aliphatic heterocycles. The molecule has 1 saturated heterocycles. The summed E-state index contributed by atoms with van der Waals surface area (Å²) in [6, 6.07) is 0.139. The highest BCUT2D eigenvalue weighted by atomic mass is 16.5. The Labute approximate surface area is 42.6 Å². The van der Waals surface area contributed by atoms with Gasteiger partial charge in [-0.25, -0.2) is 0 Å². The Morgan fingerprint density at radius 1 is 1.14 bits per heavy atom. The second kappa shape index (κ2) is 1.78. The molecule has 0 spiro atoms. The molecule has 1 aliphatic rings. The van der Waals surface area contributed by atoms with Crippen LogP contribution in [0.2, 0.25) is 0 Å². The van der Waals surface area contributed by atoms with Crippen molar-refractivity contribution in [2.45, 2.75) is 12.1 Å². The van der Waals surface area contributed by atoms with E-state index in [1.807, 2.05) is 0 Å². The summed E-state index contributed by atoms with van der Waals surface area (Å²) in [6.45, 7) is 1.25. The predicted molar refractivity (Wildman–Crippen MR) is 26.8 cm³/mol. The quantitative estimate of drug-likeness (QED) is 0.398. The Bertz CT molecular complexity index is 58.7. The Morgan fingerprint density at radius 3 is 1.71 bits per heavy atom. The van der Waals surface area contributed by atoms with Gasteiger partial charge in [0.05, 0.1) is 13.2 Å². The summed E-state index contributed by atoms with van der Waals surface area (Å²) in [5, 5.41) is 0. The number of hydrogen-bond donors (Lipinski definition) is 2. The molecule has 3 nitrogen and oxygen atoms in total. The normalized spacial score (nSPS) is 42.0. The van der Waals surface area contributed by atoms with Crippen LogP contribution in [-0.2, 0) is 4.74 Å². The van der Waals surface area contributed by atoms with E-state index in [0.717, 1.165) is 0 Å². The molecule has 2 atom stereocenters. The molecule has 3 heteroatoms. The summed E-state index contributed by atoms with van der Waals surface area (Å²) in [7, 11) is 0. The minimum atomic E-state index is 0.0694. The van der Waals surface area contributed by atoms with E-state index >= 15 is 0 Å². The molecule has 4 N–H and O–H groups in total. The highest BCUT2D eigenvalue weighted by molar-refractivity contribution is 4.80. The minimum Gasteiger partial charge on any atom is -0.378 e. The van der Waals surface area contributed by atoms with Crippen molar-refractivity contribution >= 4 is 0 Å². The van der Waals surface area contributed by atoms with Crippen molar-refractivity contribution in [3.8, 4) is 0 Å². The lowest BCUT2D eigenvalue weighted by atomic mass is 10.2. The summed E-state index contributed by atoms with van der Waals surface area (Å²) in [6.07, 6.45) is 0. The molecule has 42 valence electrons. The first kappa shape index (κ1) is 5.03. The van der Waals surface area contributed by atoms with Gasteiger partial charge in [0.2, 0.25) is 0 Å². The Morgan fingerprint density at radius 2 is 1.57 bits per heavy atom. The van der Waals surface area contributed by atoms with Gasteiger partial charge in [0.25, 0.3) is 0 Å². The van der Waals surface area contributed by atoms with Gasteiger partial charge in [-0.05, 0) is 0 Å². The molecule has 1 rings (SSSR count). The van der Waals surface area contributed by atoms with E-state index in [1.54, 1.807) is 0 Å². The lowest BCUT2D eigenvalue weighted by Crippen LogP contribution is -2.39. The molecule has 0 aliphatic carbocycles. The molecule has 1 heterocycles. The van der Waals surface area contributed by atoms with Crippen molar-refractivity contribution in [3.05, 3.63) is 0 Å². The lowest BCUT2D eigenvalue weighted by Gasteiger charge is -2.02. The molecule has 0 radical (unpaired) electrons. The van der Waals surface area contributed by atoms with Crippen LogP contribution in [0, 0.1) is 0 Å². The van der Waals surface area contributed by atoms with Crippen molar-refractivity contribution in [3.63, 3.8) is 0 Å². The van der Waals surface area contributed by atoms with Gasteiger partial charge < -0.3 is 16.2 Å². The van der Waals surface area contributed by atoms with Gasteiger partial charge in [0, 0.05) is 12.1 Å². The van der Waals surface area contributed by atoms with Crippen molar-refractivity contribution in [2.75, 3.05) is 13.2 Å². The van der Waals surface area contributed by atoms with Gasteiger partial charge in [0.1, 0.15) is 0 Å². The van der Waals surface area contributed by atoms with Crippen molar-refractivity contribution in [2.24, 2.45) is 11.5 Å². The van der Waals surface area contributed by atoms with Crippen LogP contribution in [0.15, 0.2) is 0 Å². The third-order valence-corrected chi connectivity index (χ3v) is 1.17. The fourth-order valence-electron chi connectivity index (χ4n) is 0.587. The van der Waals surface area contributed by atoms with Crippen molar-refractivity contribution in [1.29, 1.82) is 0 Å². The molecule has 0 amide bonds. The van der Waals surface area contributed by atoms with Crippen molar-refractivity contribution < 1.29 is 4.74 Å². The van der Waals surface area contributed by atoms with E-state index in [2.05, 4.69) is 0 Å². The molecule has 0 aromatic carbocycles. The Hall–Kier alpha value is -0.120. The van der Waals surface area contributed by atoms with Crippen LogP contribution < -0.4 is 11.5 Å². The van der Waals surface area contributed by atoms with E-state index in [0.29, 0.717) is 13.2 Å². The largest absolute Gasteiger partial charge is 0.378 e. The van der Waals surface area contributed by atoms with Crippen LogP contribution >= 0.6 is 0 Å². The average Bonchev–Trinajstić information content (AvgIpc) is 1.91. The fraction of sp³-hybridized carbons (Fsp3) is 1.00. The summed E-state index contributed by atoms with van der Waals surface area (Å²) >= 11 is 0. The standard InChI is InChI=1S/C4H10N2O/c5-3-1-7-2-4(3)6/h3-4H,1-2,5-6H2/t3-,4?/m0/s1. The van der Waals surface area contributed by atoms with Gasteiger partial charge in [-0.1, -0.05) is 0 Å². The van der Waals surface area contributed by atoms with Gasteiger partial charge in [-0.15, -0.1) is 0 Å². The summed E-state index contributed by atoms with van der Waals surface area (Å²) < 4.78 is 4.92. The summed E-state index contributed by atoms with van der Waals surface area (Å²) in [5.41, 5.74) is 10.9. The first-order valence-corrected chi connectivity index (χ1v) is 2.39. The second-order valence-corrected chi connectivity index (χ2v) is 1.87. The third-order valence-electron chi connectivity index (χ3n) is 1.17. The molecule has 1 fully saturated rings. The lowest BCUT2D eigenvalue weighted by molar-refractivity contribution is 0.191. The maximum Gasteiger partial charge on any atom is 0.0634 e. The topological polar surface area (TPSA) is 61.3 Å². The summed E-state index contributed by atoms with van der Waals surface area (Å²) in [5.74, 6) is 0. The molecular weight excluding hydrogens is 92.1 g/mol. The first-order valence-electron chi connectivity index (χ1n) is 2.39. The van der Waals surface area contributed by atoms with Gasteiger partial charge >= 0.3 is 0 Å². The Balaban J connectivity index is 2.33. The number of ether oxygens (including phenoxy) is 1. The highest BCUT2D eigenvalue weighted by Crippen LogP contribution is 1.97. The number of rotatable bonds is 0. The second-order valence-electron chi connectivity index (χ2n) is 1.87. The average molecular weight is 102 g/mol. The van der Waals surface area contributed by atoms with Crippen LogP contribution in [0.4, 0.5) is 0 Å². The van der Waals surface area contributed by atoms with E-state index in [9.17, 15) is 0 Å². The molecule has 0 aromatic rings. The van der Waals surface area contributed by atoms with E-state index in [4.69, 9.17) is 16.2 Å². The summed E-state index contributed by atoms with van der Waals surface area (Å²) in [4.78, 5) is 0. The first-order chi connectivity index (χ1) is 3.30. The zero-order chi connectivity index (χ0) is 5.28. The zero-order valence-electron chi connectivity index (χ0n) is 4.13. The van der Waals surface area contributed by atoms with E-state index < -0.39 is 0 Å². The van der Waals surface area contributed by atoms with Crippen LogP contribution in [0.1, 0.15) is 0 Å². The predicted octanol–water partition coefficient (Wildman–Crippen LogP) is -1.33. The SMILES string of the molecule is NC1COC[C@@H]1N. The molecule has 0 aromatic heterocycles. The molecule has 1 unspecified atom stereocenters. The maximum atomic E-state index is 5.43. The molecule has 0 saturated carbocycles. The fourth-order valence-corrected chi connectivity index (χ4v) is 0.587. The van der Waals surface area contributed by atoms with Gasteiger partial charge in [-0.3, -0.25) is 0 Å². The third kappa shape index (κ3) is 0.907. The van der Waals surface area contributed by atoms with E-state index in [1.165, 1.54) is 0 Å². The van der Waals surface area contributed by atoms with Crippen LogP contribution in [-0.4, -0.2) is 25.3 Å². The maximum absolute atomic E-state index is 5.43. The molecule has 7 heavy (non-hydrogen) atoms. The number of nitrogens with two attached hydrogens (primary N) is 2. The van der Waals surface area contributed by atoms with Gasteiger partial charge in [-0.2, -0.15) is 0 Å². The number of hydrogen-bond acceptors (Lipinski definition) is 3. The monoisotopic (exact) mass is 102 g/mol. The van der Waals surface area contributed by atoms with Gasteiger partial charge in [0.15, 0.2) is 0 Å². The van der Waals surface area contributed by atoms with E-state index in [-0.39, 0.29) is 12.1 Å². The highest BCUT2D eigenvalue weighted by Gasteiger charge is 2.19. The van der Waals surface area contributed by atoms with Crippen LogP contribution in [0.3, 0.4) is 0 Å². The smallest absolute Gasteiger partial charge is 0.0634 e. The minimum absolute atomic E-state index is 0.0694.